The first-order valence-electron chi connectivity index (χ1n) is 10.4. The van der Waals surface area contributed by atoms with E-state index in [0.717, 1.165) is 25.7 Å². The number of para-hydroxylation sites is 1. The van der Waals surface area contributed by atoms with Gasteiger partial charge in [-0.2, -0.15) is 0 Å². The number of thioether (sulfide) groups is 1. The lowest BCUT2D eigenvalue weighted by Gasteiger charge is -2.36. The van der Waals surface area contributed by atoms with Crippen molar-refractivity contribution in [3.8, 4) is 0 Å². The smallest absolute Gasteiger partial charge is 0.262 e. The van der Waals surface area contributed by atoms with Crippen molar-refractivity contribution in [2.45, 2.75) is 75.4 Å². The van der Waals surface area contributed by atoms with Crippen molar-refractivity contribution in [1.29, 1.82) is 0 Å². The highest BCUT2D eigenvalue weighted by atomic mass is 32.2. The van der Waals surface area contributed by atoms with E-state index >= 15 is 0 Å². The highest BCUT2D eigenvalue weighted by molar-refractivity contribution is 8.00. The molecule has 1 heterocycles. The number of aromatic nitrogens is 2. The largest absolute Gasteiger partial charge is 0.352 e. The molecule has 2 aliphatic rings. The fraction of sp³-hybridized carbons (Fsp3) is 0.591. The molecule has 150 valence electrons. The number of benzene rings is 1. The summed E-state index contributed by atoms with van der Waals surface area (Å²) >= 11 is 1.41. The maximum atomic E-state index is 13.4. The van der Waals surface area contributed by atoms with Crippen molar-refractivity contribution in [1.82, 2.24) is 14.9 Å². The van der Waals surface area contributed by atoms with Crippen LogP contribution in [0.5, 0.6) is 0 Å². The molecule has 0 bridgehead atoms. The number of fused-ring (bicyclic) bond motifs is 1. The Morgan fingerprint density at radius 2 is 1.96 bits per heavy atom. The van der Waals surface area contributed by atoms with Gasteiger partial charge < -0.3 is 5.32 Å². The van der Waals surface area contributed by atoms with Crippen molar-refractivity contribution in [3.05, 3.63) is 34.6 Å². The van der Waals surface area contributed by atoms with Crippen LogP contribution in [0.25, 0.3) is 10.9 Å². The molecule has 1 aromatic heterocycles. The normalized spacial score (nSPS) is 26.2. The molecule has 0 aliphatic heterocycles. The molecule has 6 heteroatoms. The Hall–Kier alpha value is -1.82. The maximum Gasteiger partial charge on any atom is 0.262 e. The molecule has 2 fully saturated rings. The Labute approximate surface area is 170 Å². The second-order valence-electron chi connectivity index (χ2n) is 8.46. The summed E-state index contributed by atoms with van der Waals surface area (Å²) in [5.74, 6) is 1.02. The van der Waals surface area contributed by atoms with Crippen LogP contribution in [-0.2, 0) is 4.79 Å². The third-order valence-electron chi connectivity index (χ3n) is 6.35. The van der Waals surface area contributed by atoms with Crippen LogP contribution in [0.4, 0.5) is 0 Å². The van der Waals surface area contributed by atoms with Gasteiger partial charge in [0, 0.05) is 12.1 Å². The molecular formula is C22H29N3O2S. The van der Waals surface area contributed by atoms with E-state index in [1.165, 1.54) is 18.2 Å². The first-order chi connectivity index (χ1) is 13.5. The molecule has 0 saturated heterocycles. The molecule has 2 aliphatic carbocycles. The topological polar surface area (TPSA) is 64.0 Å². The fourth-order valence-electron chi connectivity index (χ4n) is 4.18. The summed E-state index contributed by atoms with van der Waals surface area (Å²) in [6.45, 7) is 6.42. The summed E-state index contributed by atoms with van der Waals surface area (Å²) in [5.41, 5.74) is 0.728. The predicted octanol–water partition coefficient (Wildman–Crippen LogP) is 4.15. The zero-order valence-corrected chi connectivity index (χ0v) is 17.7. The summed E-state index contributed by atoms with van der Waals surface area (Å²) in [7, 11) is 0. The van der Waals surface area contributed by atoms with Gasteiger partial charge in [0.1, 0.15) is 0 Å². The molecule has 1 amide bonds. The zero-order valence-electron chi connectivity index (χ0n) is 16.9. The van der Waals surface area contributed by atoms with Gasteiger partial charge in [-0.3, -0.25) is 14.2 Å². The van der Waals surface area contributed by atoms with E-state index in [1.54, 1.807) is 0 Å². The van der Waals surface area contributed by atoms with Crippen LogP contribution in [0, 0.1) is 11.8 Å². The molecule has 4 atom stereocenters. The third kappa shape index (κ3) is 3.84. The Bertz CT molecular complexity index is 937. The first-order valence-corrected chi connectivity index (χ1v) is 11.3. The van der Waals surface area contributed by atoms with Crippen LogP contribution in [0.15, 0.2) is 34.2 Å². The van der Waals surface area contributed by atoms with E-state index in [4.69, 9.17) is 4.98 Å². The SMILES string of the molecule is C[C@@H]1[C@H](C)CCC[C@H]1n1c(S[C@@H](C)C(=O)NC2CC2)nc2ccccc2c1=O. The van der Waals surface area contributed by atoms with E-state index in [2.05, 4.69) is 19.2 Å². The molecule has 0 unspecified atom stereocenters. The molecular weight excluding hydrogens is 370 g/mol. The van der Waals surface area contributed by atoms with Crippen LogP contribution in [0.3, 0.4) is 0 Å². The van der Waals surface area contributed by atoms with Gasteiger partial charge in [0.15, 0.2) is 5.16 Å². The molecule has 2 saturated carbocycles. The monoisotopic (exact) mass is 399 g/mol. The van der Waals surface area contributed by atoms with Gasteiger partial charge in [-0.1, -0.05) is 50.6 Å². The summed E-state index contributed by atoms with van der Waals surface area (Å²) in [6.07, 6.45) is 5.45. The minimum Gasteiger partial charge on any atom is -0.352 e. The van der Waals surface area contributed by atoms with Crippen molar-refractivity contribution in [2.24, 2.45) is 11.8 Å². The van der Waals surface area contributed by atoms with Gasteiger partial charge in [-0.15, -0.1) is 0 Å². The molecule has 1 aromatic carbocycles. The van der Waals surface area contributed by atoms with E-state index in [9.17, 15) is 9.59 Å². The highest BCUT2D eigenvalue weighted by Crippen LogP contribution is 2.39. The molecule has 1 N–H and O–H groups in total. The standard InChI is InChI=1S/C22H29N3O2S/c1-13-7-6-10-19(14(13)2)25-21(27)17-8-4-5-9-18(17)24-22(25)28-15(3)20(26)23-16-11-12-16/h4-5,8-9,13-16,19H,6-7,10-12H2,1-3H3,(H,23,26)/t13-,14-,15+,19-/m1/s1. The minimum atomic E-state index is -0.281. The molecule has 28 heavy (non-hydrogen) atoms. The summed E-state index contributed by atoms with van der Waals surface area (Å²) in [5, 5.41) is 4.12. The van der Waals surface area contributed by atoms with E-state index in [-0.39, 0.29) is 22.8 Å². The summed E-state index contributed by atoms with van der Waals surface area (Å²) < 4.78 is 1.90. The Morgan fingerprint density at radius 1 is 1.21 bits per heavy atom. The summed E-state index contributed by atoms with van der Waals surface area (Å²) in [6, 6.07) is 8.00. The highest BCUT2D eigenvalue weighted by Gasteiger charge is 2.33. The number of rotatable bonds is 5. The van der Waals surface area contributed by atoms with Crippen molar-refractivity contribution in [3.63, 3.8) is 0 Å². The Morgan fingerprint density at radius 3 is 2.71 bits per heavy atom. The average Bonchev–Trinajstić information content (AvgIpc) is 3.49. The lowest BCUT2D eigenvalue weighted by molar-refractivity contribution is -0.120. The lowest BCUT2D eigenvalue weighted by Crippen LogP contribution is -2.37. The fourth-order valence-corrected chi connectivity index (χ4v) is 5.15. The van der Waals surface area contributed by atoms with Gasteiger partial charge >= 0.3 is 0 Å². The minimum absolute atomic E-state index is 0.0221. The van der Waals surface area contributed by atoms with Crippen LogP contribution in [0.1, 0.15) is 58.9 Å². The number of carbonyl (C=O) groups is 1. The van der Waals surface area contributed by atoms with Gasteiger partial charge in [0.05, 0.1) is 16.2 Å². The molecule has 0 spiro atoms. The number of amides is 1. The molecule has 4 rings (SSSR count). The van der Waals surface area contributed by atoms with E-state index < -0.39 is 0 Å². The number of carbonyl (C=O) groups excluding carboxylic acids is 1. The van der Waals surface area contributed by atoms with Gasteiger partial charge in [-0.25, -0.2) is 4.98 Å². The molecule has 2 aromatic rings. The van der Waals surface area contributed by atoms with E-state index in [0.29, 0.717) is 33.9 Å². The maximum absolute atomic E-state index is 13.4. The Balaban J connectivity index is 1.74. The van der Waals surface area contributed by atoms with Crippen LogP contribution < -0.4 is 10.9 Å². The third-order valence-corrected chi connectivity index (χ3v) is 7.41. The van der Waals surface area contributed by atoms with Crippen molar-refractivity contribution in [2.75, 3.05) is 0 Å². The van der Waals surface area contributed by atoms with Gasteiger partial charge in [0.25, 0.3) is 5.56 Å². The molecule has 5 nitrogen and oxygen atoms in total. The number of hydrogen-bond acceptors (Lipinski definition) is 4. The van der Waals surface area contributed by atoms with Crippen LogP contribution >= 0.6 is 11.8 Å². The van der Waals surface area contributed by atoms with Crippen LogP contribution in [-0.4, -0.2) is 26.8 Å². The second-order valence-corrected chi connectivity index (χ2v) is 9.77. The zero-order chi connectivity index (χ0) is 19.8. The average molecular weight is 400 g/mol. The quantitative estimate of drug-likeness (QED) is 0.606. The van der Waals surface area contributed by atoms with Crippen molar-refractivity contribution < 1.29 is 4.79 Å². The second kappa shape index (κ2) is 7.90. The van der Waals surface area contributed by atoms with Gasteiger partial charge in [0.2, 0.25) is 5.91 Å². The Kier molecular flexibility index (Phi) is 5.50. The number of hydrogen-bond donors (Lipinski definition) is 1. The molecule has 0 radical (unpaired) electrons. The summed E-state index contributed by atoms with van der Waals surface area (Å²) in [4.78, 5) is 30.8. The predicted molar refractivity (Wildman–Crippen MR) is 114 cm³/mol. The number of nitrogens with one attached hydrogen (secondary N) is 1. The number of nitrogens with zero attached hydrogens (tertiary/aromatic N) is 2. The lowest BCUT2D eigenvalue weighted by atomic mass is 9.78. The van der Waals surface area contributed by atoms with E-state index in [1.807, 2.05) is 35.8 Å². The first kappa shape index (κ1) is 19.5. The van der Waals surface area contributed by atoms with Crippen molar-refractivity contribution >= 4 is 28.6 Å². The van der Waals surface area contributed by atoms with Gasteiger partial charge in [-0.05, 0) is 50.2 Å². The van der Waals surface area contributed by atoms with Crippen LogP contribution in [0.2, 0.25) is 0 Å².